The molecule has 0 saturated heterocycles. The van der Waals surface area contributed by atoms with Gasteiger partial charge in [0.25, 0.3) is 0 Å². The Morgan fingerprint density at radius 1 is 1.33 bits per heavy atom. The summed E-state index contributed by atoms with van der Waals surface area (Å²) in [7, 11) is 1.60. The van der Waals surface area contributed by atoms with E-state index in [1.807, 2.05) is 12.1 Å². The molecule has 2 atom stereocenters. The van der Waals surface area contributed by atoms with Gasteiger partial charge in [-0.3, -0.25) is 0 Å². The van der Waals surface area contributed by atoms with Crippen LogP contribution in [-0.2, 0) is 6.54 Å². The van der Waals surface area contributed by atoms with Gasteiger partial charge < -0.3 is 15.2 Å². The van der Waals surface area contributed by atoms with Crippen molar-refractivity contribution in [1.29, 1.82) is 0 Å². The van der Waals surface area contributed by atoms with Gasteiger partial charge in [-0.25, -0.2) is 0 Å². The number of rotatable bonds is 7. The summed E-state index contributed by atoms with van der Waals surface area (Å²) in [6.45, 7) is 7.36. The number of aromatic hydroxyl groups is 1. The molecule has 1 aromatic carbocycles. The maximum absolute atomic E-state index is 9.84. The van der Waals surface area contributed by atoms with Crippen LogP contribution in [-0.4, -0.2) is 18.3 Å². The third-order valence-corrected chi connectivity index (χ3v) is 3.39. The van der Waals surface area contributed by atoms with Gasteiger partial charge in [-0.2, -0.15) is 0 Å². The number of nitrogens with one attached hydrogen (secondary N) is 1. The van der Waals surface area contributed by atoms with Crippen LogP contribution in [0.1, 0.15) is 39.2 Å². The van der Waals surface area contributed by atoms with Crippen LogP contribution in [0, 0.1) is 5.92 Å². The number of hydrogen-bond acceptors (Lipinski definition) is 3. The SMILES string of the molecule is CCC(C)CC(C)NCc1ccc(OC)cc1O. The van der Waals surface area contributed by atoms with E-state index in [0.717, 1.165) is 17.9 Å². The molecule has 0 amide bonds. The predicted molar refractivity (Wildman–Crippen MR) is 75.0 cm³/mol. The molecule has 0 fully saturated rings. The molecule has 0 spiro atoms. The van der Waals surface area contributed by atoms with Crippen molar-refractivity contribution >= 4 is 0 Å². The van der Waals surface area contributed by atoms with Crippen molar-refractivity contribution in [3.63, 3.8) is 0 Å². The third kappa shape index (κ3) is 4.57. The van der Waals surface area contributed by atoms with Gasteiger partial charge in [-0.15, -0.1) is 0 Å². The quantitative estimate of drug-likeness (QED) is 0.781. The van der Waals surface area contributed by atoms with E-state index in [-0.39, 0.29) is 5.75 Å². The first-order valence-electron chi connectivity index (χ1n) is 6.66. The number of phenols is 1. The monoisotopic (exact) mass is 251 g/mol. The minimum absolute atomic E-state index is 0.289. The Labute approximate surface area is 110 Å². The van der Waals surface area contributed by atoms with E-state index in [2.05, 4.69) is 26.1 Å². The van der Waals surface area contributed by atoms with E-state index in [0.29, 0.717) is 18.3 Å². The maximum Gasteiger partial charge on any atom is 0.123 e. The Bertz CT molecular complexity index is 366. The molecule has 3 nitrogen and oxygen atoms in total. The van der Waals surface area contributed by atoms with Gasteiger partial charge in [0, 0.05) is 24.2 Å². The lowest BCUT2D eigenvalue weighted by atomic mass is 10.0. The lowest BCUT2D eigenvalue weighted by molar-refractivity contribution is 0.398. The van der Waals surface area contributed by atoms with E-state index in [1.165, 1.54) is 6.42 Å². The van der Waals surface area contributed by atoms with Gasteiger partial charge in [0.2, 0.25) is 0 Å². The Morgan fingerprint density at radius 3 is 2.61 bits per heavy atom. The van der Waals surface area contributed by atoms with Crippen LogP contribution < -0.4 is 10.1 Å². The number of hydrogen-bond donors (Lipinski definition) is 2. The third-order valence-electron chi connectivity index (χ3n) is 3.39. The van der Waals surface area contributed by atoms with E-state index < -0.39 is 0 Å². The standard InChI is InChI=1S/C15H25NO2/c1-5-11(2)8-12(3)16-10-13-6-7-14(18-4)9-15(13)17/h6-7,9,11-12,16-17H,5,8,10H2,1-4H3. The molecule has 2 N–H and O–H groups in total. The normalized spacial score (nSPS) is 14.2. The second-order valence-corrected chi connectivity index (χ2v) is 5.03. The summed E-state index contributed by atoms with van der Waals surface area (Å²) in [6.07, 6.45) is 2.37. The van der Waals surface area contributed by atoms with Crippen LogP contribution in [0.15, 0.2) is 18.2 Å². The highest BCUT2D eigenvalue weighted by Gasteiger charge is 2.08. The van der Waals surface area contributed by atoms with Crippen LogP contribution >= 0.6 is 0 Å². The zero-order valence-electron chi connectivity index (χ0n) is 11.9. The molecule has 1 rings (SSSR count). The fourth-order valence-corrected chi connectivity index (χ4v) is 1.96. The van der Waals surface area contributed by atoms with E-state index in [9.17, 15) is 5.11 Å². The second-order valence-electron chi connectivity index (χ2n) is 5.03. The Hall–Kier alpha value is -1.22. The van der Waals surface area contributed by atoms with Crippen molar-refractivity contribution in [3.05, 3.63) is 23.8 Å². The molecule has 1 aromatic rings. The van der Waals surface area contributed by atoms with E-state index >= 15 is 0 Å². The average molecular weight is 251 g/mol. The first kappa shape index (κ1) is 14.8. The molecule has 2 unspecified atom stereocenters. The highest BCUT2D eigenvalue weighted by molar-refractivity contribution is 5.39. The molecular weight excluding hydrogens is 226 g/mol. The van der Waals surface area contributed by atoms with Crippen molar-refractivity contribution < 1.29 is 9.84 Å². The maximum atomic E-state index is 9.84. The van der Waals surface area contributed by atoms with Gasteiger partial charge in [0.05, 0.1) is 7.11 Å². The molecule has 102 valence electrons. The second kappa shape index (κ2) is 7.27. The summed E-state index contributed by atoms with van der Waals surface area (Å²) in [5, 5.41) is 13.3. The number of ether oxygens (including phenoxy) is 1. The summed E-state index contributed by atoms with van der Waals surface area (Å²) < 4.78 is 5.06. The number of benzene rings is 1. The van der Waals surface area contributed by atoms with Crippen molar-refractivity contribution in [2.75, 3.05) is 7.11 Å². The van der Waals surface area contributed by atoms with Crippen molar-refractivity contribution in [2.45, 2.75) is 46.2 Å². The fraction of sp³-hybridized carbons (Fsp3) is 0.600. The molecule has 0 bridgehead atoms. The molecule has 0 aliphatic rings. The minimum atomic E-state index is 0.289. The summed E-state index contributed by atoms with van der Waals surface area (Å²) in [4.78, 5) is 0. The minimum Gasteiger partial charge on any atom is -0.507 e. The lowest BCUT2D eigenvalue weighted by Crippen LogP contribution is -2.27. The van der Waals surface area contributed by atoms with Crippen LogP contribution in [0.2, 0.25) is 0 Å². The highest BCUT2D eigenvalue weighted by atomic mass is 16.5. The molecule has 0 radical (unpaired) electrons. The molecular formula is C15H25NO2. The fourth-order valence-electron chi connectivity index (χ4n) is 1.96. The van der Waals surface area contributed by atoms with Crippen LogP contribution in [0.4, 0.5) is 0 Å². The summed E-state index contributed by atoms with van der Waals surface area (Å²) in [5.41, 5.74) is 0.909. The van der Waals surface area contributed by atoms with Gasteiger partial charge in [-0.05, 0) is 25.3 Å². The van der Waals surface area contributed by atoms with Gasteiger partial charge in [0.1, 0.15) is 11.5 Å². The molecule has 0 aliphatic heterocycles. The molecule has 3 heteroatoms. The summed E-state index contributed by atoms with van der Waals surface area (Å²) >= 11 is 0. The zero-order chi connectivity index (χ0) is 13.5. The smallest absolute Gasteiger partial charge is 0.123 e. The van der Waals surface area contributed by atoms with Crippen molar-refractivity contribution in [1.82, 2.24) is 5.32 Å². The van der Waals surface area contributed by atoms with Gasteiger partial charge in [-0.1, -0.05) is 26.3 Å². The first-order valence-corrected chi connectivity index (χ1v) is 6.66. The topological polar surface area (TPSA) is 41.5 Å². The van der Waals surface area contributed by atoms with Crippen molar-refractivity contribution in [3.8, 4) is 11.5 Å². The van der Waals surface area contributed by atoms with Gasteiger partial charge in [0.15, 0.2) is 0 Å². The summed E-state index contributed by atoms with van der Waals surface area (Å²) in [5.74, 6) is 1.71. The van der Waals surface area contributed by atoms with E-state index in [1.54, 1.807) is 13.2 Å². The number of phenolic OH excluding ortho intramolecular Hbond substituents is 1. The Balaban J connectivity index is 2.48. The zero-order valence-corrected chi connectivity index (χ0v) is 11.9. The largest absolute Gasteiger partial charge is 0.507 e. The van der Waals surface area contributed by atoms with Crippen LogP contribution in [0.3, 0.4) is 0 Å². The summed E-state index contributed by atoms with van der Waals surface area (Å²) in [6, 6.07) is 5.88. The first-order chi connectivity index (χ1) is 8.56. The Kier molecular flexibility index (Phi) is 5.99. The molecule has 0 aliphatic carbocycles. The number of methoxy groups -OCH3 is 1. The average Bonchev–Trinajstić information content (AvgIpc) is 2.36. The van der Waals surface area contributed by atoms with Crippen LogP contribution in [0.25, 0.3) is 0 Å². The van der Waals surface area contributed by atoms with Crippen LogP contribution in [0.5, 0.6) is 11.5 Å². The highest BCUT2D eigenvalue weighted by Crippen LogP contribution is 2.23. The Morgan fingerprint density at radius 2 is 2.06 bits per heavy atom. The predicted octanol–water partition coefficient (Wildman–Crippen LogP) is 3.32. The van der Waals surface area contributed by atoms with Gasteiger partial charge >= 0.3 is 0 Å². The molecule has 0 aromatic heterocycles. The molecule has 0 heterocycles. The lowest BCUT2D eigenvalue weighted by Gasteiger charge is -2.18. The van der Waals surface area contributed by atoms with E-state index in [4.69, 9.17) is 4.74 Å². The molecule has 18 heavy (non-hydrogen) atoms. The van der Waals surface area contributed by atoms with Crippen molar-refractivity contribution in [2.24, 2.45) is 5.92 Å². The molecule has 0 saturated carbocycles.